The predicted octanol–water partition coefficient (Wildman–Crippen LogP) is 7.55. The first-order valence-corrected chi connectivity index (χ1v) is 12.1. The Labute approximate surface area is 211 Å². The number of rotatable bonds is 4. The van der Waals surface area contributed by atoms with E-state index in [1.165, 1.54) is 0 Å². The number of nitrogens with one attached hydrogen (secondary N) is 1. The number of hydrogen-bond acceptors (Lipinski definition) is 3. The Bertz CT molecular complexity index is 1340. The van der Waals surface area contributed by atoms with Crippen LogP contribution in [-0.4, -0.2) is 10.1 Å². The summed E-state index contributed by atoms with van der Waals surface area (Å²) in [6, 6.07) is 21.6. The molecule has 1 N–H and O–H groups in total. The molecule has 0 bridgehead atoms. The van der Waals surface area contributed by atoms with Gasteiger partial charge in [0.2, 0.25) is 0 Å². The molecule has 1 aliphatic heterocycles. The van der Waals surface area contributed by atoms with Crippen molar-refractivity contribution in [2.24, 2.45) is 0 Å². The van der Waals surface area contributed by atoms with Crippen molar-refractivity contribution in [1.82, 2.24) is 10.3 Å². The zero-order chi connectivity index (χ0) is 23.1. The van der Waals surface area contributed by atoms with E-state index in [0.29, 0.717) is 10.1 Å². The van der Waals surface area contributed by atoms with Gasteiger partial charge in [-0.05, 0) is 91.8 Å². The van der Waals surface area contributed by atoms with Crippen molar-refractivity contribution in [2.45, 2.75) is 25.9 Å². The lowest BCUT2D eigenvalue weighted by Gasteiger charge is -2.26. The van der Waals surface area contributed by atoms with Crippen LogP contribution in [0.4, 0.5) is 5.69 Å². The molecule has 2 atom stereocenters. The Hall–Kier alpha value is -2.67. The van der Waals surface area contributed by atoms with Crippen molar-refractivity contribution in [3.8, 4) is 11.3 Å². The van der Waals surface area contributed by atoms with Gasteiger partial charge in [0.05, 0.1) is 11.7 Å². The van der Waals surface area contributed by atoms with Crippen molar-refractivity contribution in [1.29, 1.82) is 0 Å². The molecule has 1 aliphatic rings. The van der Waals surface area contributed by atoms with E-state index in [0.717, 1.165) is 44.1 Å². The summed E-state index contributed by atoms with van der Waals surface area (Å²) in [5.74, 6) is 1.57. The summed E-state index contributed by atoms with van der Waals surface area (Å²) >= 11 is 15.7. The molecule has 7 heteroatoms. The molecular formula is C26H21BrClN3OS. The largest absolute Gasteiger partial charge is 0.459 e. The maximum Gasteiger partial charge on any atom is 0.174 e. The lowest BCUT2D eigenvalue weighted by Crippen LogP contribution is -2.29. The third-order valence-corrected chi connectivity index (χ3v) is 7.34. The summed E-state index contributed by atoms with van der Waals surface area (Å²) in [6.45, 7) is 4.12. The van der Waals surface area contributed by atoms with Crippen LogP contribution in [0.15, 0.2) is 81.8 Å². The molecular weight excluding hydrogens is 518 g/mol. The fraction of sp³-hybridized carbons (Fsp3) is 0.154. The molecule has 2 aromatic carbocycles. The van der Waals surface area contributed by atoms with Gasteiger partial charge in [0.1, 0.15) is 17.6 Å². The fourth-order valence-electron chi connectivity index (χ4n) is 4.22. The van der Waals surface area contributed by atoms with Crippen LogP contribution in [0.5, 0.6) is 0 Å². The molecule has 33 heavy (non-hydrogen) atoms. The van der Waals surface area contributed by atoms with Crippen LogP contribution >= 0.6 is 39.7 Å². The highest BCUT2D eigenvalue weighted by molar-refractivity contribution is 9.10. The molecule has 3 heterocycles. The third-order valence-electron chi connectivity index (χ3n) is 5.90. The highest BCUT2D eigenvalue weighted by Gasteiger charge is 2.42. The van der Waals surface area contributed by atoms with Crippen molar-refractivity contribution < 1.29 is 4.42 Å². The van der Waals surface area contributed by atoms with Crippen LogP contribution in [0.1, 0.15) is 34.7 Å². The van der Waals surface area contributed by atoms with Crippen molar-refractivity contribution in [2.75, 3.05) is 4.90 Å². The summed E-state index contributed by atoms with van der Waals surface area (Å²) in [5.41, 5.74) is 5.10. The molecule has 0 amide bonds. The molecule has 0 saturated carbocycles. The van der Waals surface area contributed by atoms with Crippen LogP contribution in [0.25, 0.3) is 11.3 Å². The molecule has 166 valence electrons. The van der Waals surface area contributed by atoms with E-state index in [2.05, 4.69) is 50.2 Å². The molecule has 5 rings (SSSR count). The van der Waals surface area contributed by atoms with E-state index in [1.807, 2.05) is 61.5 Å². The van der Waals surface area contributed by atoms with E-state index >= 15 is 0 Å². The third kappa shape index (κ3) is 4.19. The second-order valence-corrected chi connectivity index (χ2v) is 9.77. The number of benzene rings is 2. The van der Waals surface area contributed by atoms with Crippen LogP contribution in [0, 0.1) is 13.8 Å². The number of aryl methyl sites for hydroxylation is 2. The van der Waals surface area contributed by atoms with E-state index < -0.39 is 0 Å². The second-order valence-electron chi connectivity index (χ2n) is 8.09. The molecule has 1 saturated heterocycles. The topological polar surface area (TPSA) is 41.3 Å². The van der Waals surface area contributed by atoms with E-state index in [-0.39, 0.29) is 12.1 Å². The minimum Gasteiger partial charge on any atom is -0.459 e. The highest BCUT2D eigenvalue weighted by atomic mass is 79.9. The van der Waals surface area contributed by atoms with Crippen LogP contribution < -0.4 is 10.2 Å². The Morgan fingerprint density at radius 3 is 2.64 bits per heavy atom. The van der Waals surface area contributed by atoms with Gasteiger partial charge in [0.25, 0.3) is 0 Å². The fourth-order valence-corrected chi connectivity index (χ4v) is 4.98. The summed E-state index contributed by atoms with van der Waals surface area (Å²) in [4.78, 5) is 6.72. The van der Waals surface area contributed by atoms with Crippen molar-refractivity contribution in [3.63, 3.8) is 0 Å². The second kappa shape index (κ2) is 8.93. The normalized spacial score (nSPS) is 17.9. The van der Waals surface area contributed by atoms with E-state index in [1.54, 1.807) is 6.20 Å². The van der Waals surface area contributed by atoms with Gasteiger partial charge in [-0.3, -0.25) is 4.98 Å². The molecule has 0 radical (unpaired) electrons. The van der Waals surface area contributed by atoms with Crippen molar-refractivity contribution >= 4 is 50.5 Å². The molecule has 0 aliphatic carbocycles. The Morgan fingerprint density at radius 1 is 1.03 bits per heavy atom. The summed E-state index contributed by atoms with van der Waals surface area (Å²) < 4.78 is 7.51. The van der Waals surface area contributed by atoms with E-state index in [9.17, 15) is 0 Å². The average molecular weight is 539 g/mol. The Morgan fingerprint density at radius 2 is 1.88 bits per heavy atom. The number of aromatic nitrogens is 1. The van der Waals surface area contributed by atoms with Crippen LogP contribution in [-0.2, 0) is 0 Å². The van der Waals surface area contributed by atoms with Crippen LogP contribution in [0.3, 0.4) is 0 Å². The minimum absolute atomic E-state index is 0.165. The van der Waals surface area contributed by atoms with Crippen molar-refractivity contribution in [3.05, 3.63) is 105 Å². The number of hydrogen-bond donors (Lipinski definition) is 1. The number of furan rings is 1. The number of pyridine rings is 1. The minimum atomic E-state index is -0.207. The Balaban J connectivity index is 1.62. The standard InChI is InChI=1S/C26H21BrClN3OS/c1-15-6-7-17(28)14-19(15)22-10-11-23(32-22)25-24(21-5-3-4-12-29-21)30-26(33)31(25)18-8-9-20(27)16(2)13-18/h3-14,24-25H,1-2H3,(H,30,33)/t24-,25-/m1/s1. The number of halogens is 2. The van der Waals surface area contributed by atoms with Gasteiger partial charge in [-0.1, -0.05) is 39.7 Å². The Kier molecular flexibility index (Phi) is 5.99. The number of thiocarbonyl (C=S) groups is 1. The van der Waals surface area contributed by atoms with Gasteiger partial charge in [0, 0.05) is 26.9 Å². The lowest BCUT2D eigenvalue weighted by molar-refractivity contribution is 0.439. The summed E-state index contributed by atoms with van der Waals surface area (Å²) in [5, 5.41) is 4.78. The van der Waals surface area contributed by atoms with Gasteiger partial charge in [0.15, 0.2) is 5.11 Å². The SMILES string of the molecule is Cc1cc(N2C(=S)N[C@H](c3ccccn3)[C@H]2c2ccc(-c3cc(Cl)ccc3C)o2)ccc1Br. The predicted molar refractivity (Wildman–Crippen MR) is 141 cm³/mol. The quantitative estimate of drug-likeness (QED) is 0.272. The zero-order valence-corrected chi connectivity index (χ0v) is 21.2. The molecule has 0 spiro atoms. The first kappa shape index (κ1) is 22.1. The first-order chi connectivity index (χ1) is 15.9. The first-order valence-electron chi connectivity index (χ1n) is 10.6. The monoisotopic (exact) mass is 537 g/mol. The number of nitrogens with zero attached hydrogens (tertiary/aromatic N) is 2. The van der Waals surface area contributed by atoms with Gasteiger partial charge in [-0.15, -0.1) is 0 Å². The molecule has 2 aromatic heterocycles. The van der Waals surface area contributed by atoms with E-state index in [4.69, 9.17) is 28.2 Å². The smallest absolute Gasteiger partial charge is 0.174 e. The summed E-state index contributed by atoms with van der Waals surface area (Å²) in [6.07, 6.45) is 1.80. The lowest BCUT2D eigenvalue weighted by atomic mass is 10.0. The van der Waals surface area contributed by atoms with Gasteiger partial charge in [-0.25, -0.2) is 0 Å². The maximum atomic E-state index is 6.46. The molecule has 1 fully saturated rings. The molecule has 4 nitrogen and oxygen atoms in total. The van der Waals surface area contributed by atoms with Gasteiger partial charge in [-0.2, -0.15) is 0 Å². The maximum absolute atomic E-state index is 6.46. The van der Waals surface area contributed by atoms with Crippen LogP contribution in [0.2, 0.25) is 5.02 Å². The highest BCUT2D eigenvalue weighted by Crippen LogP contribution is 2.43. The number of anilines is 1. The molecule has 0 unspecified atom stereocenters. The van der Waals surface area contributed by atoms with Gasteiger partial charge < -0.3 is 14.6 Å². The average Bonchev–Trinajstić information content (AvgIpc) is 3.42. The molecule has 4 aromatic rings. The zero-order valence-electron chi connectivity index (χ0n) is 18.0. The summed E-state index contributed by atoms with van der Waals surface area (Å²) in [7, 11) is 0. The van der Waals surface area contributed by atoms with Gasteiger partial charge >= 0.3 is 0 Å².